The van der Waals surface area contributed by atoms with Crippen molar-refractivity contribution in [2.24, 2.45) is 5.92 Å². The van der Waals surface area contributed by atoms with Crippen molar-refractivity contribution < 1.29 is 4.79 Å². The Morgan fingerprint density at radius 1 is 1.14 bits per heavy atom. The number of carbonyl (C=O) groups is 1. The molecule has 6 heteroatoms. The van der Waals surface area contributed by atoms with Gasteiger partial charge in [-0.25, -0.2) is 9.97 Å². The van der Waals surface area contributed by atoms with E-state index < -0.39 is 0 Å². The topological polar surface area (TPSA) is 58.1 Å². The van der Waals surface area contributed by atoms with Crippen LogP contribution in [0.4, 0.5) is 11.5 Å². The molecule has 1 atom stereocenters. The van der Waals surface area contributed by atoms with Crippen LogP contribution in [0.1, 0.15) is 18.4 Å². The monoisotopic (exact) mass is 406 g/mol. The molecule has 1 saturated heterocycles. The third-order valence-electron chi connectivity index (χ3n) is 5.30. The van der Waals surface area contributed by atoms with Crippen molar-refractivity contribution in [2.45, 2.75) is 19.8 Å². The van der Waals surface area contributed by atoms with Crippen molar-refractivity contribution in [3.05, 3.63) is 71.5 Å². The molecule has 2 heterocycles. The molecule has 1 aliphatic rings. The highest BCUT2D eigenvalue weighted by Crippen LogP contribution is 2.27. The first-order chi connectivity index (χ1) is 14.1. The molecule has 1 amide bonds. The summed E-state index contributed by atoms with van der Waals surface area (Å²) in [5, 5.41) is 3.66. The summed E-state index contributed by atoms with van der Waals surface area (Å²) < 4.78 is 0. The number of anilines is 2. The molecule has 2 aromatic carbocycles. The number of rotatable bonds is 4. The Bertz CT molecular complexity index is 1010. The number of amides is 1. The maximum absolute atomic E-state index is 12.9. The Morgan fingerprint density at radius 3 is 2.79 bits per heavy atom. The van der Waals surface area contributed by atoms with Gasteiger partial charge in [0.2, 0.25) is 5.91 Å². The number of hydrogen-bond donors (Lipinski definition) is 1. The highest BCUT2D eigenvalue weighted by molar-refractivity contribution is 6.31. The van der Waals surface area contributed by atoms with Crippen LogP contribution in [0.5, 0.6) is 0 Å². The summed E-state index contributed by atoms with van der Waals surface area (Å²) >= 11 is 6.08. The lowest BCUT2D eigenvalue weighted by atomic mass is 9.96. The number of benzene rings is 2. The first kappa shape index (κ1) is 19.4. The molecule has 0 saturated carbocycles. The molecule has 148 valence electrons. The van der Waals surface area contributed by atoms with Crippen LogP contribution in [0, 0.1) is 12.8 Å². The second-order valence-corrected chi connectivity index (χ2v) is 7.80. The van der Waals surface area contributed by atoms with E-state index in [2.05, 4.69) is 20.2 Å². The van der Waals surface area contributed by atoms with Crippen LogP contribution < -0.4 is 10.2 Å². The van der Waals surface area contributed by atoms with Gasteiger partial charge in [0.1, 0.15) is 12.1 Å². The third-order valence-corrected chi connectivity index (χ3v) is 5.53. The second kappa shape index (κ2) is 8.62. The number of piperidine rings is 1. The summed E-state index contributed by atoms with van der Waals surface area (Å²) in [4.78, 5) is 23.9. The Kier molecular flexibility index (Phi) is 5.76. The Labute approximate surface area is 175 Å². The van der Waals surface area contributed by atoms with Gasteiger partial charge in [-0.05, 0) is 37.5 Å². The van der Waals surface area contributed by atoms with E-state index in [4.69, 9.17) is 11.6 Å². The van der Waals surface area contributed by atoms with Crippen LogP contribution in [0.15, 0.2) is 60.9 Å². The lowest BCUT2D eigenvalue weighted by Crippen LogP contribution is -2.41. The molecule has 1 unspecified atom stereocenters. The second-order valence-electron chi connectivity index (χ2n) is 7.36. The quantitative estimate of drug-likeness (QED) is 0.665. The van der Waals surface area contributed by atoms with E-state index >= 15 is 0 Å². The van der Waals surface area contributed by atoms with Gasteiger partial charge >= 0.3 is 0 Å². The van der Waals surface area contributed by atoms with Crippen LogP contribution >= 0.6 is 11.6 Å². The van der Waals surface area contributed by atoms with Gasteiger partial charge < -0.3 is 10.2 Å². The fourth-order valence-corrected chi connectivity index (χ4v) is 3.82. The van der Waals surface area contributed by atoms with Gasteiger partial charge in [-0.3, -0.25) is 4.79 Å². The minimum Gasteiger partial charge on any atom is -0.356 e. The molecule has 4 rings (SSSR count). The zero-order chi connectivity index (χ0) is 20.2. The largest absolute Gasteiger partial charge is 0.356 e. The number of aromatic nitrogens is 2. The van der Waals surface area contributed by atoms with Crippen molar-refractivity contribution in [3.63, 3.8) is 0 Å². The fourth-order valence-electron chi connectivity index (χ4n) is 3.65. The molecule has 0 spiro atoms. The smallest absolute Gasteiger partial charge is 0.229 e. The average molecular weight is 407 g/mol. The van der Waals surface area contributed by atoms with Crippen molar-refractivity contribution in [1.82, 2.24) is 9.97 Å². The van der Waals surface area contributed by atoms with E-state index in [0.717, 1.165) is 47.7 Å². The SMILES string of the molecule is Cc1ccc(Cl)cc1NC(=O)C1CCCN(c2cc(-c3ccccc3)ncn2)C1. The summed E-state index contributed by atoms with van der Waals surface area (Å²) in [6.45, 7) is 3.48. The van der Waals surface area contributed by atoms with Crippen molar-refractivity contribution >= 4 is 29.0 Å². The standard InChI is InChI=1S/C23H23ClN4O/c1-16-9-10-19(24)12-20(16)27-23(29)18-8-5-11-28(14-18)22-13-21(25-15-26-22)17-6-3-2-4-7-17/h2-4,6-7,9-10,12-13,15,18H,5,8,11,14H2,1H3,(H,27,29). The molecule has 1 aliphatic heterocycles. The first-order valence-electron chi connectivity index (χ1n) is 9.79. The maximum Gasteiger partial charge on any atom is 0.229 e. The zero-order valence-corrected chi connectivity index (χ0v) is 17.1. The minimum absolute atomic E-state index is 0.0254. The Morgan fingerprint density at radius 2 is 1.97 bits per heavy atom. The van der Waals surface area contributed by atoms with Gasteiger partial charge in [0.05, 0.1) is 11.6 Å². The van der Waals surface area contributed by atoms with Crippen LogP contribution in [0.3, 0.4) is 0 Å². The molecular formula is C23H23ClN4O. The molecule has 0 radical (unpaired) electrons. The molecule has 1 aromatic heterocycles. The normalized spacial score (nSPS) is 16.5. The van der Waals surface area contributed by atoms with Crippen LogP contribution in [0.25, 0.3) is 11.3 Å². The summed E-state index contributed by atoms with van der Waals surface area (Å²) in [5.74, 6) is 0.782. The van der Waals surface area contributed by atoms with Gasteiger partial charge in [-0.1, -0.05) is 48.0 Å². The van der Waals surface area contributed by atoms with Crippen molar-refractivity contribution in [1.29, 1.82) is 0 Å². The number of aryl methyl sites for hydroxylation is 1. The van der Waals surface area contributed by atoms with Gasteiger partial charge in [0, 0.05) is 35.4 Å². The number of hydrogen-bond acceptors (Lipinski definition) is 4. The fraction of sp³-hybridized carbons (Fsp3) is 0.261. The Balaban J connectivity index is 1.48. The third kappa shape index (κ3) is 4.57. The van der Waals surface area contributed by atoms with E-state index in [0.29, 0.717) is 11.6 Å². The lowest BCUT2D eigenvalue weighted by Gasteiger charge is -2.33. The molecule has 29 heavy (non-hydrogen) atoms. The number of nitrogens with one attached hydrogen (secondary N) is 1. The Hall–Kier alpha value is -2.92. The maximum atomic E-state index is 12.9. The predicted octanol–water partition coefficient (Wildman–Crippen LogP) is 4.96. The lowest BCUT2D eigenvalue weighted by molar-refractivity contribution is -0.120. The number of nitrogens with zero attached hydrogens (tertiary/aromatic N) is 3. The van der Waals surface area contributed by atoms with Gasteiger partial charge in [-0.15, -0.1) is 0 Å². The van der Waals surface area contributed by atoms with Crippen LogP contribution in [-0.2, 0) is 4.79 Å². The van der Waals surface area contributed by atoms with Crippen LogP contribution in [0.2, 0.25) is 5.02 Å². The molecule has 1 fully saturated rings. The summed E-state index contributed by atoms with van der Waals surface area (Å²) in [5.41, 5.74) is 3.71. The molecule has 0 bridgehead atoms. The molecule has 3 aromatic rings. The zero-order valence-electron chi connectivity index (χ0n) is 16.3. The van der Waals surface area contributed by atoms with Crippen molar-refractivity contribution in [2.75, 3.05) is 23.3 Å². The summed E-state index contributed by atoms with van der Waals surface area (Å²) in [6, 6.07) is 17.6. The van der Waals surface area contributed by atoms with E-state index in [9.17, 15) is 4.79 Å². The van der Waals surface area contributed by atoms with E-state index in [1.165, 1.54) is 0 Å². The van der Waals surface area contributed by atoms with Gasteiger partial charge in [-0.2, -0.15) is 0 Å². The first-order valence-corrected chi connectivity index (χ1v) is 10.2. The van der Waals surface area contributed by atoms with E-state index in [1.807, 2.05) is 55.5 Å². The molecular weight excluding hydrogens is 384 g/mol. The average Bonchev–Trinajstić information content (AvgIpc) is 2.77. The molecule has 1 N–H and O–H groups in total. The number of carbonyl (C=O) groups excluding carboxylic acids is 1. The summed E-state index contributed by atoms with van der Waals surface area (Å²) in [7, 11) is 0. The van der Waals surface area contributed by atoms with E-state index in [1.54, 1.807) is 12.4 Å². The van der Waals surface area contributed by atoms with Gasteiger partial charge in [0.15, 0.2) is 0 Å². The number of halogens is 1. The highest BCUT2D eigenvalue weighted by Gasteiger charge is 2.27. The van der Waals surface area contributed by atoms with Gasteiger partial charge in [0.25, 0.3) is 0 Å². The van der Waals surface area contributed by atoms with E-state index in [-0.39, 0.29) is 11.8 Å². The summed E-state index contributed by atoms with van der Waals surface area (Å²) in [6.07, 6.45) is 3.40. The minimum atomic E-state index is -0.0997. The highest BCUT2D eigenvalue weighted by atomic mass is 35.5. The molecule has 0 aliphatic carbocycles. The molecule has 5 nitrogen and oxygen atoms in total. The van der Waals surface area contributed by atoms with Crippen LogP contribution in [-0.4, -0.2) is 29.0 Å². The predicted molar refractivity (Wildman–Crippen MR) is 117 cm³/mol. The van der Waals surface area contributed by atoms with Crippen molar-refractivity contribution in [3.8, 4) is 11.3 Å².